The predicted octanol–water partition coefficient (Wildman–Crippen LogP) is 2.75. The van der Waals surface area contributed by atoms with Crippen LogP contribution in [0.1, 0.15) is 6.92 Å². The van der Waals surface area contributed by atoms with Gasteiger partial charge in [0.2, 0.25) is 0 Å². The first-order valence-electron chi connectivity index (χ1n) is 5.07. The molecular weight excluding hydrogens is 204 g/mol. The van der Waals surface area contributed by atoms with Gasteiger partial charge in [0, 0.05) is 11.5 Å². The minimum Gasteiger partial charge on any atom is -0.490 e. The molecule has 0 fully saturated rings. The summed E-state index contributed by atoms with van der Waals surface area (Å²) in [6.07, 6.45) is 3.86. The summed E-state index contributed by atoms with van der Waals surface area (Å²) in [7, 11) is 0. The molecule has 0 atom stereocenters. The zero-order valence-electron chi connectivity index (χ0n) is 8.97. The fraction of sp³-hybridized carbons (Fsp3) is 0.154. The van der Waals surface area contributed by atoms with Gasteiger partial charge in [0.15, 0.2) is 0 Å². The van der Waals surface area contributed by atoms with Gasteiger partial charge >= 0.3 is 5.63 Å². The van der Waals surface area contributed by atoms with Gasteiger partial charge < -0.3 is 9.15 Å². The Balaban J connectivity index is 2.29. The van der Waals surface area contributed by atoms with Crippen molar-refractivity contribution >= 4 is 11.0 Å². The number of benzene rings is 1. The molecule has 0 bridgehead atoms. The number of rotatable bonds is 3. The fourth-order valence-corrected chi connectivity index (χ4v) is 1.38. The molecule has 1 aromatic carbocycles. The van der Waals surface area contributed by atoms with Crippen LogP contribution in [0.25, 0.3) is 11.0 Å². The third-order valence-corrected chi connectivity index (χ3v) is 2.17. The van der Waals surface area contributed by atoms with Gasteiger partial charge in [0.25, 0.3) is 0 Å². The van der Waals surface area contributed by atoms with Gasteiger partial charge in [-0.15, -0.1) is 0 Å². The highest BCUT2D eigenvalue weighted by molar-refractivity contribution is 5.77. The van der Waals surface area contributed by atoms with Crippen molar-refractivity contribution in [1.82, 2.24) is 0 Å². The Morgan fingerprint density at radius 2 is 2.19 bits per heavy atom. The lowest BCUT2D eigenvalue weighted by molar-refractivity contribution is 0.363. The van der Waals surface area contributed by atoms with Gasteiger partial charge in [-0.1, -0.05) is 12.2 Å². The lowest BCUT2D eigenvalue weighted by Crippen LogP contribution is -1.96. The first-order valence-corrected chi connectivity index (χ1v) is 5.07. The molecule has 0 radical (unpaired) electrons. The lowest BCUT2D eigenvalue weighted by Gasteiger charge is -2.03. The lowest BCUT2D eigenvalue weighted by atomic mass is 10.2. The number of hydrogen-bond acceptors (Lipinski definition) is 3. The molecule has 3 nitrogen and oxygen atoms in total. The van der Waals surface area contributed by atoms with Crippen molar-refractivity contribution in [2.45, 2.75) is 6.92 Å². The molecule has 0 amide bonds. The molecule has 2 aromatic rings. The van der Waals surface area contributed by atoms with Crippen molar-refractivity contribution in [3.63, 3.8) is 0 Å². The van der Waals surface area contributed by atoms with E-state index in [1.54, 1.807) is 18.2 Å². The quantitative estimate of drug-likeness (QED) is 0.585. The van der Waals surface area contributed by atoms with Gasteiger partial charge in [-0.2, -0.15) is 0 Å². The van der Waals surface area contributed by atoms with Crippen LogP contribution in [0.15, 0.2) is 51.7 Å². The second kappa shape index (κ2) is 4.66. The molecule has 1 heterocycles. The van der Waals surface area contributed by atoms with Gasteiger partial charge in [-0.25, -0.2) is 4.79 Å². The molecule has 16 heavy (non-hydrogen) atoms. The van der Waals surface area contributed by atoms with Crippen molar-refractivity contribution in [1.29, 1.82) is 0 Å². The summed E-state index contributed by atoms with van der Waals surface area (Å²) in [4.78, 5) is 11.0. The van der Waals surface area contributed by atoms with Gasteiger partial charge in [-0.3, -0.25) is 0 Å². The highest BCUT2D eigenvalue weighted by Crippen LogP contribution is 2.19. The van der Waals surface area contributed by atoms with E-state index in [2.05, 4.69) is 0 Å². The van der Waals surface area contributed by atoms with Crippen molar-refractivity contribution in [3.8, 4) is 5.75 Å². The molecule has 2 rings (SSSR count). The summed E-state index contributed by atoms with van der Waals surface area (Å²) >= 11 is 0. The Labute approximate surface area is 93.0 Å². The molecular formula is C13H12O3. The van der Waals surface area contributed by atoms with Gasteiger partial charge in [-0.05, 0) is 31.2 Å². The number of fused-ring (bicyclic) bond motifs is 1. The normalized spacial score (nSPS) is 11.1. The zero-order valence-corrected chi connectivity index (χ0v) is 8.97. The number of hydrogen-bond donors (Lipinski definition) is 0. The molecule has 0 aliphatic rings. The van der Waals surface area contributed by atoms with Crippen LogP contribution in [0.4, 0.5) is 0 Å². The first kappa shape index (κ1) is 10.5. The molecule has 0 N–H and O–H groups in total. The van der Waals surface area contributed by atoms with E-state index in [-0.39, 0.29) is 5.63 Å². The zero-order chi connectivity index (χ0) is 11.4. The maximum absolute atomic E-state index is 11.0. The average Bonchev–Trinajstić information content (AvgIpc) is 2.29. The van der Waals surface area contributed by atoms with Crippen LogP contribution in [0, 0.1) is 0 Å². The molecule has 1 aromatic heterocycles. The van der Waals surface area contributed by atoms with Crippen LogP contribution in [-0.4, -0.2) is 6.61 Å². The van der Waals surface area contributed by atoms with Crippen LogP contribution >= 0.6 is 0 Å². The molecule has 0 aliphatic carbocycles. The van der Waals surface area contributed by atoms with Crippen molar-refractivity contribution in [3.05, 3.63) is 52.9 Å². The van der Waals surface area contributed by atoms with Crippen LogP contribution < -0.4 is 10.4 Å². The standard InChI is InChI=1S/C13H12O3/c1-2-3-8-15-11-5-6-12-10(9-11)4-7-13(14)16-12/h2-7,9H,8H2,1H3/b3-2+. The Bertz CT molecular complexity index is 567. The molecule has 0 spiro atoms. The van der Waals surface area contributed by atoms with E-state index in [9.17, 15) is 4.79 Å². The topological polar surface area (TPSA) is 39.4 Å². The Morgan fingerprint density at radius 3 is 3.00 bits per heavy atom. The van der Waals surface area contributed by atoms with E-state index in [1.165, 1.54) is 6.07 Å². The minimum absolute atomic E-state index is 0.338. The monoisotopic (exact) mass is 216 g/mol. The van der Waals surface area contributed by atoms with E-state index in [1.807, 2.05) is 25.1 Å². The maximum Gasteiger partial charge on any atom is 0.336 e. The minimum atomic E-state index is -0.338. The Hall–Kier alpha value is -2.03. The third-order valence-electron chi connectivity index (χ3n) is 2.17. The predicted molar refractivity (Wildman–Crippen MR) is 62.8 cm³/mol. The van der Waals surface area contributed by atoms with Gasteiger partial charge in [0.05, 0.1) is 0 Å². The molecule has 82 valence electrons. The summed E-state index contributed by atoms with van der Waals surface area (Å²) in [6, 6.07) is 8.50. The molecule has 0 unspecified atom stereocenters. The Morgan fingerprint density at radius 1 is 1.31 bits per heavy atom. The van der Waals surface area contributed by atoms with E-state index in [4.69, 9.17) is 9.15 Å². The smallest absolute Gasteiger partial charge is 0.336 e. The summed E-state index contributed by atoms with van der Waals surface area (Å²) in [5, 5.41) is 0.859. The van der Waals surface area contributed by atoms with Crippen LogP contribution in [0.2, 0.25) is 0 Å². The Kier molecular flexibility index (Phi) is 3.05. The summed E-state index contributed by atoms with van der Waals surface area (Å²) in [5.74, 6) is 0.763. The SMILES string of the molecule is C/C=C/COc1ccc2oc(=O)ccc2c1. The highest BCUT2D eigenvalue weighted by atomic mass is 16.5. The van der Waals surface area contributed by atoms with Crippen molar-refractivity contribution < 1.29 is 9.15 Å². The van der Waals surface area contributed by atoms with E-state index >= 15 is 0 Å². The van der Waals surface area contributed by atoms with E-state index < -0.39 is 0 Å². The second-order valence-electron chi connectivity index (χ2n) is 3.33. The number of allylic oxidation sites excluding steroid dienone is 1. The highest BCUT2D eigenvalue weighted by Gasteiger charge is 1.99. The number of ether oxygens (including phenoxy) is 1. The van der Waals surface area contributed by atoms with Crippen molar-refractivity contribution in [2.75, 3.05) is 6.61 Å². The molecule has 0 saturated heterocycles. The largest absolute Gasteiger partial charge is 0.490 e. The summed E-state index contributed by atoms with van der Waals surface area (Å²) < 4.78 is 10.5. The van der Waals surface area contributed by atoms with Crippen molar-refractivity contribution in [2.24, 2.45) is 0 Å². The fourth-order valence-electron chi connectivity index (χ4n) is 1.38. The van der Waals surface area contributed by atoms with E-state index in [0.717, 1.165) is 11.1 Å². The van der Waals surface area contributed by atoms with Gasteiger partial charge in [0.1, 0.15) is 17.9 Å². The van der Waals surface area contributed by atoms with Crippen LogP contribution in [-0.2, 0) is 0 Å². The maximum atomic E-state index is 11.0. The average molecular weight is 216 g/mol. The summed E-state index contributed by atoms with van der Waals surface area (Å²) in [5.41, 5.74) is 0.237. The molecule has 0 aliphatic heterocycles. The van der Waals surface area contributed by atoms with Crippen LogP contribution in [0.5, 0.6) is 5.75 Å². The molecule has 0 saturated carbocycles. The second-order valence-corrected chi connectivity index (χ2v) is 3.33. The third kappa shape index (κ3) is 2.31. The molecule has 3 heteroatoms. The van der Waals surface area contributed by atoms with E-state index in [0.29, 0.717) is 12.2 Å². The summed E-state index contributed by atoms with van der Waals surface area (Å²) in [6.45, 7) is 2.48. The van der Waals surface area contributed by atoms with Crippen LogP contribution in [0.3, 0.4) is 0 Å². The first-order chi connectivity index (χ1) is 7.79.